The van der Waals surface area contributed by atoms with Gasteiger partial charge in [0.25, 0.3) is 0 Å². The highest BCUT2D eigenvalue weighted by Crippen LogP contribution is 2.29. The average Bonchev–Trinajstić information content (AvgIpc) is 2.06. The predicted molar refractivity (Wildman–Crippen MR) is 50.2 cm³/mol. The number of ether oxygens (including phenoxy) is 1. The summed E-state index contributed by atoms with van der Waals surface area (Å²) >= 11 is 3.16. The molecule has 0 aliphatic rings. The summed E-state index contributed by atoms with van der Waals surface area (Å²) in [7, 11) is 0. The van der Waals surface area contributed by atoms with Crippen LogP contribution < -0.4 is 10.5 Å². The fraction of sp³-hybridized carbons (Fsp3) is 0.250. The Labute approximate surface area is 87.0 Å². The molecule has 6 heteroatoms. The van der Waals surface area contributed by atoms with E-state index in [0.29, 0.717) is 5.33 Å². The number of anilines is 1. The second kappa shape index (κ2) is 4.08. The fourth-order valence-electron chi connectivity index (χ4n) is 0.899. The van der Waals surface area contributed by atoms with E-state index in [1.807, 2.05) is 0 Å². The summed E-state index contributed by atoms with van der Waals surface area (Å²) in [5.41, 5.74) is 6.12. The molecular weight excluding hydrogens is 263 g/mol. The van der Waals surface area contributed by atoms with Crippen LogP contribution in [-0.4, -0.2) is 6.36 Å². The number of hydrogen-bond acceptors (Lipinski definition) is 2. The van der Waals surface area contributed by atoms with Crippen molar-refractivity contribution in [2.45, 2.75) is 11.7 Å². The van der Waals surface area contributed by atoms with E-state index in [0.717, 1.165) is 5.56 Å². The van der Waals surface area contributed by atoms with Gasteiger partial charge in [-0.1, -0.05) is 22.0 Å². The lowest BCUT2D eigenvalue weighted by Crippen LogP contribution is -2.18. The number of alkyl halides is 4. The molecule has 0 saturated carbocycles. The monoisotopic (exact) mass is 269 g/mol. The number of hydrogen-bond donors (Lipinski definition) is 1. The molecule has 0 heterocycles. The van der Waals surface area contributed by atoms with Crippen molar-refractivity contribution in [3.8, 4) is 5.75 Å². The van der Waals surface area contributed by atoms with Crippen molar-refractivity contribution in [3.05, 3.63) is 23.8 Å². The standard InChI is InChI=1S/C8H7BrF3NO/c9-4-5-1-2-7(6(13)3-5)14-8(10,11)12/h1-3H,4,13H2. The molecule has 0 bridgehead atoms. The zero-order valence-electron chi connectivity index (χ0n) is 6.94. The largest absolute Gasteiger partial charge is 0.573 e. The molecule has 0 spiro atoms. The molecule has 0 aromatic heterocycles. The highest BCUT2D eigenvalue weighted by atomic mass is 79.9. The quantitative estimate of drug-likeness (QED) is 0.662. The van der Waals surface area contributed by atoms with Crippen LogP contribution in [0.25, 0.3) is 0 Å². The van der Waals surface area contributed by atoms with E-state index in [2.05, 4.69) is 20.7 Å². The number of nitrogen functional groups attached to an aromatic ring is 1. The van der Waals surface area contributed by atoms with Crippen molar-refractivity contribution in [2.24, 2.45) is 0 Å². The number of benzene rings is 1. The summed E-state index contributed by atoms with van der Waals surface area (Å²) in [6, 6.07) is 4.13. The molecule has 1 aromatic carbocycles. The molecule has 0 amide bonds. The Kier molecular flexibility index (Phi) is 3.25. The van der Waals surface area contributed by atoms with Crippen LogP contribution in [-0.2, 0) is 5.33 Å². The first-order valence-electron chi connectivity index (χ1n) is 3.62. The lowest BCUT2D eigenvalue weighted by Gasteiger charge is -2.11. The molecule has 1 aromatic rings. The molecule has 2 N–H and O–H groups in total. The van der Waals surface area contributed by atoms with E-state index in [-0.39, 0.29) is 11.4 Å². The van der Waals surface area contributed by atoms with Crippen molar-refractivity contribution in [3.63, 3.8) is 0 Å². The average molecular weight is 270 g/mol. The minimum absolute atomic E-state index is 0.0284. The molecule has 0 atom stereocenters. The van der Waals surface area contributed by atoms with Gasteiger partial charge in [0.05, 0.1) is 5.69 Å². The van der Waals surface area contributed by atoms with Gasteiger partial charge in [-0.2, -0.15) is 0 Å². The Morgan fingerprint density at radius 3 is 2.43 bits per heavy atom. The lowest BCUT2D eigenvalue weighted by atomic mass is 10.2. The maximum atomic E-state index is 11.8. The number of nitrogens with two attached hydrogens (primary N) is 1. The second-order valence-electron chi connectivity index (χ2n) is 2.55. The van der Waals surface area contributed by atoms with Gasteiger partial charge in [-0.25, -0.2) is 0 Å². The number of rotatable bonds is 2. The van der Waals surface area contributed by atoms with Crippen LogP contribution in [0.15, 0.2) is 18.2 Å². The highest BCUT2D eigenvalue weighted by Gasteiger charge is 2.31. The molecule has 1 rings (SSSR count). The molecule has 14 heavy (non-hydrogen) atoms. The summed E-state index contributed by atoms with van der Waals surface area (Å²) in [4.78, 5) is 0. The van der Waals surface area contributed by atoms with Crippen LogP contribution in [0.3, 0.4) is 0 Å². The van der Waals surface area contributed by atoms with Crippen molar-refractivity contribution in [2.75, 3.05) is 5.73 Å². The van der Waals surface area contributed by atoms with Gasteiger partial charge in [0.1, 0.15) is 0 Å². The van der Waals surface area contributed by atoms with Crippen molar-refractivity contribution >= 4 is 21.6 Å². The van der Waals surface area contributed by atoms with Gasteiger partial charge in [0, 0.05) is 5.33 Å². The SMILES string of the molecule is Nc1cc(CBr)ccc1OC(F)(F)F. The highest BCUT2D eigenvalue weighted by molar-refractivity contribution is 9.08. The first-order chi connectivity index (χ1) is 6.42. The van der Waals surface area contributed by atoms with Crippen LogP contribution in [0, 0.1) is 0 Å². The zero-order chi connectivity index (χ0) is 10.8. The normalized spacial score (nSPS) is 11.4. The molecule has 2 nitrogen and oxygen atoms in total. The minimum Gasteiger partial charge on any atom is -0.404 e. The molecule has 0 fully saturated rings. The van der Waals surface area contributed by atoms with Gasteiger partial charge >= 0.3 is 6.36 Å². The first kappa shape index (κ1) is 11.2. The van der Waals surface area contributed by atoms with Crippen molar-refractivity contribution < 1.29 is 17.9 Å². The number of halogens is 4. The fourth-order valence-corrected chi connectivity index (χ4v) is 1.25. The Balaban J connectivity index is 2.89. The van der Waals surface area contributed by atoms with E-state index in [1.54, 1.807) is 0 Å². The van der Waals surface area contributed by atoms with Gasteiger partial charge in [0.2, 0.25) is 0 Å². The summed E-state index contributed by atoms with van der Waals surface area (Å²) in [6.07, 6.45) is -4.70. The van der Waals surface area contributed by atoms with E-state index in [4.69, 9.17) is 5.73 Å². The third-order valence-electron chi connectivity index (χ3n) is 1.45. The molecule has 78 valence electrons. The zero-order valence-corrected chi connectivity index (χ0v) is 8.52. The van der Waals surface area contributed by atoms with Crippen molar-refractivity contribution in [1.82, 2.24) is 0 Å². The van der Waals surface area contributed by atoms with Crippen molar-refractivity contribution in [1.29, 1.82) is 0 Å². The Bertz CT molecular complexity index is 327. The van der Waals surface area contributed by atoms with Gasteiger partial charge in [-0.05, 0) is 17.7 Å². The van der Waals surface area contributed by atoms with E-state index < -0.39 is 6.36 Å². The minimum atomic E-state index is -4.70. The first-order valence-corrected chi connectivity index (χ1v) is 4.74. The summed E-state index contributed by atoms with van der Waals surface area (Å²) in [5, 5.41) is 0.531. The summed E-state index contributed by atoms with van der Waals surface area (Å²) in [5.74, 6) is -0.373. The maximum absolute atomic E-state index is 11.8. The molecule has 0 radical (unpaired) electrons. The Morgan fingerprint density at radius 1 is 1.36 bits per heavy atom. The van der Waals surface area contributed by atoms with E-state index in [9.17, 15) is 13.2 Å². The maximum Gasteiger partial charge on any atom is 0.573 e. The van der Waals surface area contributed by atoms with Crippen LogP contribution in [0.1, 0.15) is 5.56 Å². The van der Waals surface area contributed by atoms with E-state index >= 15 is 0 Å². The van der Waals surface area contributed by atoms with Gasteiger partial charge in [0.15, 0.2) is 5.75 Å². The summed E-state index contributed by atoms with van der Waals surface area (Å²) < 4.78 is 39.1. The molecule has 0 unspecified atom stereocenters. The third-order valence-corrected chi connectivity index (χ3v) is 2.10. The molecule has 0 saturated heterocycles. The summed E-state index contributed by atoms with van der Waals surface area (Å²) in [6.45, 7) is 0. The Hall–Kier alpha value is -0.910. The van der Waals surface area contributed by atoms with Crippen LogP contribution >= 0.6 is 15.9 Å². The third kappa shape index (κ3) is 3.10. The van der Waals surface area contributed by atoms with Gasteiger partial charge in [-0.15, -0.1) is 13.2 Å². The van der Waals surface area contributed by atoms with Gasteiger partial charge < -0.3 is 10.5 Å². The molecular formula is C8H7BrF3NO. The predicted octanol–water partition coefficient (Wildman–Crippen LogP) is 3.06. The topological polar surface area (TPSA) is 35.2 Å². The van der Waals surface area contributed by atoms with Crippen LogP contribution in [0.4, 0.5) is 18.9 Å². The van der Waals surface area contributed by atoms with E-state index in [1.165, 1.54) is 18.2 Å². The Morgan fingerprint density at radius 2 is 2.00 bits per heavy atom. The molecule has 0 aliphatic heterocycles. The smallest absolute Gasteiger partial charge is 0.404 e. The van der Waals surface area contributed by atoms with Gasteiger partial charge in [-0.3, -0.25) is 0 Å². The lowest BCUT2D eigenvalue weighted by molar-refractivity contribution is -0.274. The molecule has 0 aliphatic carbocycles. The second-order valence-corrected chi connectivity index (χ2v) is 3.11. The van der Waals surface area contributed by atoms with Crippen LogP contribution in [0.5, 0.6) is 5.75 Å². The van der Waals surface area contributed by atoms with Crippen LogP contribution in [0.2, 0.25) is 0 Å².